The van der Waals surface area contributed by atoms with Gasteiger partial charge in [0.15, 0.2) is 0 Å². The fourth-order valence-corrected chi connectivity index (χ4v) is 0.935. The third-order valence-corrected chi connectivity index (χ3v) is 1.77. The van der Waals surface area contributed by atoms with E-state index in [9.17, 15) is 0 Å². The lowest BCUT2D eigenvalue weighted by Gasteiger charge is -2.14. The van der Waals surface area contributed by atoms with Gasteiger partial charge in [0.05, 0.1) is 0 Å². The molecular formula is C9H18ClN. The maximum atomic E-state index is 5.78. The molecule has 0 saturated carbocycles. The third-order valence-electron chi connectivity index (χ3n) is 1.59. The first kappa shape index (κ1) is 10.8. The topological polar surface area (TPSA) is 3.24 Å². The molecule has 0 bridgehead atoms. The summed E-state index contributed by atoms with van der Waals surface area (Å²) in [6, 6.07) is 0. The van der Waals surface area contributed by atoms with E-state index in [1.54, 1.807) is 0 Å². The Bertz CT molecular complexity index is 106. The zero-order chi connectivity index (χ0) is 8.69. The smallest absolute Gasteiger partial charge is 0.0342 e. The normalized spacial score (nSPS) is 13.8. The second-order valence-electron chi connectivity index (χ2n) is 2.62. The molecule has 66 valence electrons. The van der Waals surface area contributed by atoms with Gasteiger partial charge in [0.1, 0.15) is 0 Å². The lowest BCUT2D eigenvalue weighted by molar-refractivity contribution is 0.417. The molecule has 0 aromatic rings. The molecule has 0 aliphatic heterocycles. The molecule has 0 radical (unpaired) electrons. The van der Waals surface area contributed by atoms with E-state index in [0.29, 0.717) is 0 Å². The van der Waals surface area contributed by atoms with E-state index >= 15 is 0 Å². The van der Waals surface area contributed by atoms with Crippen LogP contribution in [-0.4, -0.2) is 23.4 Å². The molecule has 0 aromatic heterocycles. The second-order valence-corrected chi connectivity index (χ2v) is 3.37. The molecule has 0 aliphatic rings. The zero-order valence-corrected chi connectivity index (χ0v) is 8.43. The number of rotatable bonds is 5. The monoisotopic (exact) mass is 175 g/mol. The van der Waals surface area contributed by atoms with E-state index in [0.717, 1.165) is 19.5 Å². The maximum Gasteiger partial charge on any atom is 0.0342 e. The lowest BCUT2D eigenvalue weighted by Crippen LogP contribution is -2.15. The van der Waals surface area contributed by atoms with Gasteiger partial charge in [-0.3, -0.25) is 0 Å². The molecule has 1 nitrogen and oxygen atoms in total. The van der Waals surface area contributed by atoms with Crippen LogP contribution in [0.2, 0.25) is 0 Å². The van der Waals surface area contributed by atoms with Crippen molar-refractivity contribution in [2.75, 3.05) is 13.1 Å². The van der Waals surface area contributed by atoms with Gasteiger partial charge in [0.2, 0.25) is 0 Å². The van der Waals surface area contributed by atoms with Crippen LogP contribution in [0.5, 0.6) is 0 Å². The minimum Gasteiger partial charge on any atom is -0.378 e. The third kappa shape index (κ3) is 6.24. The number of alkyl halides is 1. The summed E-state index contributed by atoms with van der Waals surface area (Å²) in [4.78, 5) is 2.25. The first-order valence-corrected chi connectivity index (χ1v) is 4.69. The maximum absolute atomic E-state index is 5.78. The summed E-state index contributed by atoms with van der Waals surface area (Å²) in [6.07, 6.45) is 5.21. The highest BCUT2D eigenvalue weighted by atomic mass is 35.5. The summed E-state index contributed by atoms with van der Waals surface area (Å²) in [6.45, 7) is 8.46. The van der Waals surface area contributed by atoms with Crippen LogP contribution in [0.3, 0.4) is 0 Å². The summed E-state index contributed by atoms with van der Waals surface area (Å²) in [7, 11) is 0. The fraction of sp³-hybridized carbons (Fsp3) is 0.778. The van der Waals surface area contributed by atoms with Gasteiger partial charge in [0, 0.05) is 18.5 Å². The Morgan fingerprint density at radius 2 is 1.91 bits per heavy atom. The van der Waals surface area contributed by atoms with Crippen molar-refractivity contribution in [2.45, 2.75) is 32.6 Å². The Labute approximate surface area is 75.0 Å². The predicted octanol–water partition coefficient (Wildman–Crippen LogP) is 2.86. The number of allylic oxidation sites excluding steroid dienone is 1. The molecule has 0 aliphatic carbocycles. The Morgan fingerprint density at radius 1 is 1.36 bits per heavy atom. The average molecular weight is 176 g/mol. The minimum absolute atomic E-state index is 0.252. The molecule has 0 heterocycles. The molecular weight excluding hydrogens is 158 g/mol. The van der Waals surface area contributed by atoms with E-state index in [2.05, 4.69) is 31.0 Å². The summed E-state index contributed by atoms with van der Waals surface area (Å²) >= 11 is 5.78. The zero-order valence-electron chi connectivity index (χ0n) is 7.68. The van der Waals surface area contributed by atoms with Crippen LogP contribution >= 0.6 is 11.6 Å². The van der Waals surface area contributed by atoms with Gasteiger partial charge in [-0.05, 0) is 33.4 Å². The highest BCUT2D eigenvalue weighted by molar-refractivity contribution is 6.20. The number of nitrogens with zero attached hydrogens (tertiary/aromatic N) is 1. The molecule has 0 aromatic carbocycles. The summed E-state index contributed by atoms with van der Waals surface area (Å²) in [5, 5.41) is 0.252. The van der Waals surface area contributed by atoms with Crippen molar-refractivity contribution in [1.82, 2.24) is 4.90 Å². The van der Waals surface area contributed by atoms with Crippen molar-refractivity contribution >= 4 is 11.6 Å². The van der Waals surface area contributed by atoms with Gasteiger partial charge >= 0.3 is 0 Å². The molecule has 0 saturated heterocycles. The Morgan fingerprint density at radius 3 is 2.27 bits per heavy atom. The van der Waals surface area contributed by atoms with Crippen molar-refractivity contribution in [1.29, 1.82) is 0 Å². The molecule has 11 heavy (non-hydrogen) atoms. The minimum atomic E-state index is 0.252. The molecule has 0 N–H and O–H groups in total. The Hall–Kier alpha value is -0.170. The number of halogens is 1. The predicted molar refractivity (Wildman–Crippen MR) is 52.0 cm³/mol. The average Bonchev–Trinajstić information content (AvgIpc) is 1.98. The summed E-state index contributed by atoms with van der Waals surface area (Å²) in [5.74, 6) is 0. The molecule has 0 fully saturated rings. The number of hydrogen-bond acceptors (Lipinski definition) is 1. The van der Waals surface area contributed by atoms with Crippen LogP contribution in [0.1, 0.15) is 27.2 Å². The highest BCUT2D eigenvalue weighted by Gasteiger charge is 1.92. The largest absolute Gasteiger partial charge is 0.378 e. The molecule has 0 rings (SSSR count). The first-order chi connectivity index (χ1) is 5.20. The van der Waals surface area contributed by atoms with Crippen LogP contribution in [-0.2, 0) is 0 Å². The molecule has 2 heteroatoms. The quantitative estimate of drug-likeness (QED) is 0.581. The summed E-state index contributed by atoms with van der Waals surface area (Å²) in [5.41, 5.74) is 0. The van der Waals surface area contributed by atoms with Crippen molar-refractivity contribution in [3.8, 4) is 0 Å². The van der Waals surface area contributed by atoms with Crippen LogP contribution in [0, 0.1) is 0 Å². The fourth-order valence-electron chi connectivity index (χ4n) is 0.832. The van der Waals surface area contributed by atoms with Gasteiger partial charge in [-0.25, -0.2) is 0 Å². The standard InChI is InChI=1S/C9H18ClN/c1-4-11(5-2)8-6-7-9(3)10/h6,8-9H,4-5,7H2,1-3H3/b8-6+. The van der Waals surface area contributed by atoms with Gasteiger partial charge in [-0.2, -0.15) is 0 Å². The second kappa shape index (κ2) is 6.53. The highest BCUT2D eigenvalue weighted by Crippen LogP contribution is 2.01. The van der Waals surface area contributed by atoms with Crippen LogP contribution < -0.4 is 0 Å². The molecule has 1 unspecified atom stereocenters. The van der Waals surface area contributed by atoms with E-state index in [1.165, 1.54) is 0 Å². The van der Waals surface area contributed by atoms with Crippen molar-refractivity contribution < 1.29 is 0 Å². The first-order valence-electron chi connectivity index (χ1n) is 4.25. The SMILES string of the molecule is CCN(/C=C/CC(C)Cl)CC. The Kier molecular flexibility index (Phi) is 6.43. The number of hydrogen-bond donors (Lipinski definition) is 0. The van der Waals surface area contributed by atoms with Gasteiger partial charge in [0.25, 0.3) is 0 Å². The molecule has 0 spiro atoms. The van der Waals surface area contributed by atoms with Crippen LogP contribution in [0.25, 0.3) is 0 Å². The van der Waals surface area contributed by atoms with E-state index in [4.69, 9.17) is 11.6 Å². The van der Waals surface area contributed by atoms with E-state index < -0.39 is 0 Å². The van der Waals surface area contributed by atoms with E-state index in [-0.39, 0.29) is 5.38 Å². The van der Waals surface area contributed by atoms with Crippen molar-refractivity contribution in [3.63, 3.8) is 0 Å². The molecule has 0 amide bonds. The van der Waals surface area contributed by atoms with Crippen molar-refractivity contribution in [2.24, 2.45) is 0 Å². The summed E-state index contributed by atoms with van der Waals surface area (Å²) < 4.78 is 0. The van der Waals surface area contributed by atoms with Gasteiger partial charge in [-0.1, -0.05) is 6.08 Å². The van der Waals surface area contributed by atoms with Crippen molar-refractivity contribution in [3.05, 3.63) is 12.3 Å². The van der Waals surface area contributed by atoms with Gasteiger partial charge in [-0.15, -0.1) is 11.6 Å². The Balaban J connectivity index is 3.53. The van der Waals surface area contributed by atoms with Crippen LogP contribution in [0.15, 0.2) is 12.3 Å². The van der Waals surface area contributed by atoms with E-state index in [1.807, 2.05) is 6.92 Å². The van der Waals surface area contributed by atoms with Gasteiger partial charge < -0.3 is 4.90 Å². The molecule has 1 atom stereocenters. The van der Waals surface area contributed by atoms with Crippen LogP contribution in [0.4, 0.5) is 0 Å². The lowest BCUT2D eigenvalue weighted by atomic mass is 10.3.